The van der Waals surface area contributed by atoms with Crippen LogP contribution in [0.2, 0.25) is 0 Å². The van der Waals surface area contributed by atoms with Crippen LogP contribution in [0.3, 0.4) is 0 Å². The predicted molar refractivity (Wildman–Crippen MR) is 62.3 cm³/mol. The number of hydrogen-bond acceptors (Lipinski definition) is 2. The molecule has 0 radical (unpaired) electrons. The lowest BCUT2D eigenvalue weighted by molar-refractivity contribution is -0.136. The van der Waals surface area contributed by atoms with Gasteiger partial charge in [-0.05, 0) is 25.7 Å². The monoisotopic (exact) mass is 210 g/mol. The molecule has 86 valence electrons. The van der Waals surface area contributed by atoms with E-state index in [4.69, 9.17) is 5.73 Å². The van der Waals surface area contributed by atoms with Crippen LogP contribution in [0.5, 0.6) is 0 Å². The van der Waals surface area contributed by atoms with E-state index < -0.39 is 0 Å². The molecule has 15 heavy (non-hydrogen) atoms. The molecule has 0 aromatic rings. The van der Waals surface area contributed by atoms with E-state index >= 15 is 0 Å². The van der Waals surface area contributed by atoms with Crippen molar-refractivity contribution in [3.8, 4) is 0 Å². The average molecular weight is 210 g/mol. The largest absolute Gasteiger partial charge is 0.342 e. The zero-order valence-electron chi connectivity index (χ0n) is 9.78. The first-order valence-corrected chi connectivity index (χ1v) is 5.73. The molecule has 0 saturated carbocycles. The third kappa shape index (κ3) is 3.06. The highest BCUT2D eigenvalue weighted by Gasteiger charge is 2.26. The Hall–Kier alpha value is -0.830. The second-order valence-corrected chi connectivity index (χ2v) is 4.55. The Balaban J connectivity index is 2.46. The molecular weight excluding hydrogens is 188 g/mol. The fourth-order valence-electron chi connectivity index (χ4n) is 1.87. The van der Waals surface area contributed by atoms with Gasteiger partial charge >= 0.3 is 0 Å². The van der Waals surface area contributed by atoms with Gasteiger partial charge in [0.15, 0.2) is 0 Å². The summed E-state index contributed by atoms with van der Waals surface area (Å²) in [5.41, 5.74) is 5.73. The van der Waals surface area contributed by atoms with Crippen molar-refractivity contribution >= 4 is 5.91 Å². The molecule has 1 saturated heterocycles. The molecular formula is C12H22N2O. The van der Waals surface area contributed by atoms with Gasteiger partial charge in [-0.3, -0.25) is 4.79 Å². The lowest BCUT2D eigenvalue weighted by Crippen LogP contribution is -2.45. The summed E-state index contributed by atoms with van der Waals surface area (Å²) in [5, 5.41) is 0. The predicted octanol–water partition coefficient (Wildman–Crippen LogP) is 1.39. The fourth-order valence-corrected chi connectivity index (χ4v) is 1.87. The number of nitrogens with zero attached hydrogens (tertiary/aromatic N) is 1. The van der Waals surface area contributed by atoms with Gasteiger partial charge in [-0.15, -0.1) is 6.58 Å². The van der Waals surface area contributed by atoms with E-state index in [2.05, 4.69) is 6.58 Å². The Morgan fingerprint density at radius 3 is 2.40 bits per heavy atom. The van der Waals surface area contributed by atoms with Gasteiger partial charge in [0.1, 0.15) is 0 Å². The summed E-state index contributed by atoms with van der Waals surface area (Å²) in [6, 6.07) is -0.0605. The van der Waals surface area contributed by atoms with E-state index in [0.29, 0.717) is 5.92 Å². The molecule has 1 heterocycles. The van der Waals surface area contributed by atoms with E-state index in [-0.39, 0.29) is 17.9 Å². The summed E-state index contributed by atoms with van der Waals surface area (Å²) >= 11 is 0. The fraction of sp³-hybridized carbons (Fsp3) is 0.750. The smallest absolute Gasteiger partial charge is 0.226 e. The highest BCUT2D eigenvalue weighted by atomic mass is 16.2. The van der Waals surface area contributed by atoms with Crippen molar-refractivity contribution in [1.82, 2.24) is 4.90 Å². The maximum absolute atomic E-state index is 12.0. The first-order chi connectivity index (χ1) is 7.06. The molecule has 3 heteroatoms. The van der Waals surface area contributed by atoms with Crippen molar-refractivity contribution in [3.63, 3.8) is 0 Å². The number of nitrogens with two attached hydrogens (primary N) is 1. The van der Waals surface area contributed by atoms with E-state index in [0.717, 1.165) is 25.9 Å². The van der Waals surface area contributed by atoms with Crippen LogP contribution in [-0.2, 0) is 4.79 Å². The van der Waals surface area contributed by atoms with Gasteiger partial charge in [-0.2, -0.15) is 0 Å². The number of piperidine rings is 1. The number of likely N-dealkylation sites (tertiary alicyclic amines) is 1. The van der Waals surface area contributed by atoms with Crippen LogP contribution in [0.1, 0.15) is 26.7 Å². The number of carbonyl (C=O) groups excluding carboxylic acids is 1. The van der Waals surface area contributed by atoms with Gasteiger partial charge in [0.05, 0.1) is 5.92 Å². The maximum Gasteiger partial charge on any atom is 0.226 e. The van der Waals surface area contributed by atoms with Crippen LogP contribution in [0.15, 0.2) is 12.7 Å². The summed E-state index contributed by atoms with van der Waals surface area (Å²) in [4.78, 5) is 13.9. The molecule has 1 aliphatic rings. The number of rotatable bonds is 3. The van der Waals surface area contributed by atoms with Crippen molar-refractivity contribution in [1.29, 1.82) is 0 Å². The molecule has 2 unspecified atom stereocenters. The molecule has 1 rings (SSSR count). The molecule has 0 aromatic carbocycles. The Labute approximate surface area is 92.3 Å². The first-order valence-electron chi connectivity index (χ1n) is 5.73. The zero-order valence-corrected chi connectivity index (χ0v) is 9.78. The van der Waals surface area contributed by atoms with Gasteiger partial charge in [0.25, 0.3) is 0 Å². The number of allylic oxidation sites excluding steroid dienone is 1. The summed E-state index contributed by atoms with van der Waals surface area (Å²) in [5.74, 6) is 0.720. The van der Waals surface area contributed by atoms with Crippen LogP contribution in [0, 0.1) is 11.8 Å². The normalized spacial score (nSPS) is 22.2. The van der Waals surface area contributed by atoms with E-state index in [1.807, 2.05) is 24.8 Å². The molecule has 0 bridgehead atoms. The quantitative estimate of drug-likeness (QED) is 0.716. The molecule has 0 spiro atoms. The van der Waals surface area contributed by atoms with Crippen LogP contribution in [-0.4, -0.2) is 29.9 Å². The van der Waals surface area contributed by atoms with Crippen LogP contribution in [0.25, 0.3) is 0 Å². The Kier molecular flexibility index (Phi) is 4.33. The Morgan fingerprint density at radius 1 is 1.47 bits per heavy atom. The minimum Gasteiger partial charge on any atom is -0.342 e. The molecule has 2 atom stereocenters. The minimum absolute atomic E-state index is 0.0605. The Bertz CT molecular complexity index is 230. The van der Waals surface area contributed by atoms with Crippen molar-refractivity contribution in [2.24, 2.45) is 17.6 Å². The van der Waals surface area contributed by atoms with Gasteiger partial charge in [-0.25, -0.2) is 0 Å². The van der Waals surface area contributed by atoms with Gasteiger partial charge in [0, 0.05) is 19.1 Å². The highest BCUT2D eigenvalue weighted by Crippen LogP contribution is 2.19. The summed E-state index contributed by atoms with van der Waals surface area (Å²) < 4.78 is 0. The molecule has 0 aromatic heterocycles. The SMILES string of the molecule is C=CC1CCN(C(=O)C(C)C(C)N)CC1. The van der Waals surface area contributed by atoms with Crippen LogP contribution >= 0.6 is 0 Å². The van der Waals surface area contributed by atoms with Gasteiger partial charge in [-0.1, -0.05) is 13.0 Å². The summed E-state index contributed by atoms with van der Waals surface area (Å²) in [6.45, 7) is 9.30. The summed E-state index contributed by atoms with van der Waals surface area (Å²) in [7, 11) is 0. The number of amides is 1. The van der Waals surface area contributed by atoms with Crippen LogP contribution in [0.4, 0.5) is 0 Å². The van der Waals surface area contributed by atoms with E-state index in [1.165, 1.54) is 0 Å². The van der Waals surface area contributed by atoms with Crippen molar-refractivity contribution < 1.29 is 4.79 Å². The molecule has 3 nitrogen and oxygen atoms in total. The lowest BCUT2D eigenvalue weighted by Gasteiger charge is -2.33. The standard InChI is InChI=1S/C12H22N2O/c1-4-11-5-7-14(8-6-11)12(15)9(2)10(3)13/h4,9-11H,1,5-8,13H2,2-3H3. The Morgan fingerprint density at radius 2 is 2.00 bits per heavy atom. The third-order valence-corrected chi connectivity index (χ3v) is 3.36. The maximum atomic E-state index is 12.0. The second-order valence-electron chi connectivity index (χ2n) is 4.55. The van der Waals surface area contributed by atoms with Crippen LogP contribution < -0.4 is 5.73 Å². The molecule has 1 amide bonds. The third-order valence-electron chi connectivity index (χ3n) is 3.36. The molecule has 0 aliphatic carbocycles. The molecule has 2 N–H and O–H groups in total. The van der Waals surface area contributed by atoms with Crippen molar-refractivity contribution in [3.05, 3.63) is 12.7 Å². The van der Waals surface area contributed by atoms with E-state index in [9.17, 15) is 4.79 Å². The topological polar surface area (TPSA) is 46.3 Å². The highest BCUT2D eigenvalue weighted by molar-refractivity contribution is 5.79. The molecule has 1 fully saturated rings. The zero-order chi connectivity index (χ0) is 11.4. The lowest BCUT2D eigenvalue weighted by atomic mass is 9.95. The number of carbonyl (C=O) groups is 1. The average Bonchev–Trinajstić information content (AvgIpc) is 2.27. The molecule has 1 aliphatic heterocycles. The van der Waals surface area contributed by atoms with Gasteiger partial charge in [0.2, 0.25) is 5.91 Å². The van der Waals surface area contributed by atoms with Crippen molar-refractivity contribution in [2.75, 3.05) is 13.1 Å². The first kappa shape index (κ1) is 12.2. The number of hydrogen-bond donors (Lipinski definition) is 1. The van der Waals surface area contributed by atoms with Crippen molar-refractivity contribution in [2.45, 2.75) is 32.7 Å². The second kappa shape index (κ2) is 5.31. The van der Waals surface area contributed by atoms with Gasteiger partial charge < -0.3 is 10.6 Å². The minimum atomic E-state index is -0.0646. The summed E-state index contributed by atoms with van der Waals surface area (Å²) in [6.07, 6.45) is 4.08. The van der Waals surface area contributed by atoms with E-state index in [1.54, 1.807) is 0 Å².